The molecule has 1 amide bonds. The van der Waals surface area contributed by atoms with Crippen molar-refractivity contribution in [1.82, 2.24) is 15.2 Å². The summed E-state index contributed by atoms with van der Waals surface area (Å²) in [6, 6.07) is 8.34. The molecule has 4 heterocycles. The smallest absolute Gasteiger partial charge is 0.408 e. The van der Waals surface area contributed by atoms with Crippen molar-refractivity contribution in [3.05, 3.63) is 40.9 Å². The summed E-state index contributed by atoms with van der Waals surface area (Å²) < 4.78 is 5.77. The highest BCUT2D eigenvalue weighted by atomic mass is 32.1. The third kappa shape index (κ3) is 4.01. The topological polar surface area (TPSA) is 54.5 Å². The van der Waals surface area contributed by atoms with Crippen LogP contribution < -0.4 is 5.32 Å². The van der Waals surface area contributed by atoms with Crippen LogP contribution in [0.5, 0.6) is 0 Å². The van der Waals surface area contributed by atoms with E-state index in [2.05, 4.69) is 41.4 Å². The number of carbonyl (C=O) groups excluding carboxylic acids is 1. The molecule has 3 aliphatic heterocycles. The quantitative estimate of drug-likeness (QED) is 0.858. The fraction of sp³-hybridized carbons (Fsp3) is 0.524. The van der Waals surface area contributed by atoms with Crippen LogP contribution in [0.25, 0.3) is 10.6 Å². The van der Waals surface area contributed by atoms with E-state index < -0.39 is 5.54 Å². The van der Waals surface area contributed by atoms with Crippen molar-refractivity contribution < 1.29 is 9.53 Å². The third-order valence-corrected chi connectivity index (χ3v) is 6.60. The predicted molar refractivity (Wildman–Crippen MR) is 108 cm³/mol. The van der Waals surface area contributed by atoms with Crippen LogP contribution in [0.2, 0.25) is 0 Å². The maximum absolute atomic E-state index is 12.5. The molecular weight excluding hydrogens is 358 g/mol. The largest absolute Gasteiger partial charge is 0.445 e. The van der Waals surface area contributed by atoms with Crippen LogP contribution in [0.15, 0.2) is 29.6 Å². The highest BCUT2D eigenvalue weighted by Gasteiger charge is 2.37. The van der Waals surface area contributed by atoms with E-state index in [-0.39, 0.29) is 12.2 Å². The Balaban J connectivity index is 1.41. The molecule has 1 aromatic heterocycles. The number of rotatable bonds is 4. The van der Waals surface area contributed by atoms with Gasteiger partial charge in [-0.05, 0) is 52.6 Å². The van der Waals surface area contributed by atoms with Crippen molar-refractivity contribution >= 4 is 17.4 Å². The Morgan fingerprint density at radius 1 is 1.26 bits per heavy atom. The zero-order valence-electron chi connectivity index (χ0n) is 16.2. The molecule has 0 aliphatic carbocycles. The normalized spacial score (nSPS) is 24.6. The third-order valence-electron chi connectivity index (χ3n) is 5.71. The molecule has 3 aliphatic rings. The van der Waals surface area contributed by atoms with Crippen LogP contribution in [0.3, 0.4) is 0 Å². The Labute approximate surface area is 164 Å². The highest BCUT2D eigenvalue weighted by Crippen LogP contribution is 2.31. The van der Waals surface area contributed by atoms with Crippen molar-refractivity contribution in [2.75, 3.05) is 19.6 Å². The lowest BCUT2D eigenvalue weighted by molar-refractivity contribution is -0.0350. The van der Waals surface area contributed by atoms with Gasteiger partial charge in [0.15, 0.2) is 0 Å². The molecule has 0 radical (unpaired) electrons. The molecular formula is C21H27N3O2S. The number of amides is 1. The van der Waals surface area contributed by atoms with Gasteiger partial charge in [0, 0.05) is 17.5 Å². The second kappa shape index (κ2) is 7.24. The molecule has 1 atom stereocenters. The summed E-state index contributed by atoms with van der Waals surface area (Å²) in [5.74, 6) is 0.510. The number of alkyl carbamates (subject to hydrolysis) is 1. The predicted octanol–water partition coefficient (Wildman–Crippen LogP) is 4.17. The molecule has 5 rings (SSSR count). The first-order valence-corrected chi connectivity index (χ1v) is 10.5. The Bertz CT molecular complexity index is 807. The van der Waals surface area contributed by atoms with E-state index in [4.69, 9.17) is 9.72 Å². The molecule has 2 aromatic rings. The number of aryl methyl sites for hydroxylation is 1. The van der Waals surface area contributed by atoms with Crippen LogP contribution in [0.1, 0.15) is 37.9 Å². The number of hydrogen-bond acceptors (Lipinski definition) is 5. The number of ether oxygens (including phenoxy) is 1. The van der Waals surface area contributed by atoms with Crippen LogP contribution in [-0.2, 0) is 10.3 Å². The van der Waals surface area contributed by atoms with Gasteiger partial charge in [0.05, 0.1) is 11.2 Å². The van der Waals surface area contributed by atoms with Gasteiger partial charge in [-0.25, -0.2) is 9.78 Å². The Hall–Kier alpha value is -1.92. The van der Waals surface area contributed by atoms with Gasteiger partial charge in [-0.2, -0.15) is 0 Å². The lowest BCUT2D eigenvalue weighted by atomic mass is 9.86. The van der Waals surface area contributed by atoms with Gasteiger partial charge < -0.3 is 10.1 Å². The zero-order valence-corrected chi connectivity index (χ0v) is 17.0. The van der Waals surface area contributed by atoms with Gasteiger partial charge in [0.25, 0.3) is 0 Å². The number of fused-ring (bicyclic) bond motifs is 3. The SMILES string of the molecule is Cc1ccc(-c2nc(C(C)(C)NC(=O)O[C@@H]3CN4CCC3CC4)cs2)cc1. The van der Waals surface area contributed by atoms with Crippen LogP contribution >= 0.6 is 11.3 Å². The number of benzene rings is 1. The van der Waals surface area contributed by atoms with E-state index in [9.17, 15) is 4.79 Å². The summed E-state index contributed by atoms with van der Waals surface area (Å²) in [5, 5.41) is 6.00. The first-order valence-electron chi connectivity index (χ1n) is 9.65. The van der Waals surface area contributed by atoms with Gasteiger partial charge in [0.2, 0.25) is 0 Å². The molecule has 1 N–H and O–H groups in total. The lowest BCUT2D eigenvalue weighted by Gasteiger charge is -2.44. The summed E-state index contributed by atoms with van der Waals surface area (Å²) >= 11 is 1.60. The van der Waals surface area contributed by atoms with Crippen molar-refractivity contribution in [2.24, 2.45) is 5.92 Å². The molecule has 3 saturated heterocycles. The molecule has 27 heavy (non-hydrogen) atoms. The standard InChI is InChI=1S/C21H27N3O2S/c1-14-4-6-16(7-5-14)19-22-18(13-27-19)21(2,3)23-20(25)26-17-12-24-10-8-15(17)9-11-24/h4-7,13,15,17H,8-12H2,1-3H3,(H,23,25)/t17-/m1/s1. The van der Waals surface area contributed by atoms with Crippen molar-refractivity contribution in [1.29, 1.82) is 0 Å². The molecule has 3 fully saturated rings. The van der Waals surface area contributed by atoms with Gasteiger partial charge in [-0.3, -0.25) is 4.90 Å². The van der Waals surface area contributed by atoms with E-state index in [1.807, 2.05) is 19.2 Å². The molecule has 0 spiro atoms. The number of aromatic nitrogens is 1. The molecule has 5 nitrogen and oxygen atoms in total. The summed E-state index contributed by atoms with van der Waals surface area (Å²) in [7, 11) is 0. The van der Waals surface area contributed by atoms with E-state index in [1.165, 1.54) is 5.56 Å². The highest BCUT2D eigenvalue weighted by molar-refractivity contribution is 7.13. The van der Waals surface area contributed by atoms with Crippen molar-refractivity contribution in [3.8, 4) is 10.6 Å². The average molecular weight is 386 g/mol. The maximum atomic E-state index is 12.5. The molecule has 6 heteroatoms. The molecule has 0 unspecified atom stereocenters. The van der Waals surface area contributed by atoms with Crippen molar-refractivity contribution in [3.63, 3.8) is 0 Å². The van der Waals surface area contributed by atoms with Gasteiger partial charge >= 0.3 is 6.09 Å². The van der Waals surface area contributed by atoms with E-state index in [0.29, 0.717) is 5.92 Å². The molecule has 0 saturated carbocycles. The minimum Gasteiger partial charge on any atom is -0.445 e. The fourth-order valence-electron chi connectivity index (χ4n) is 3.92. The van der Waals surface area contributed by atoms with Gasteiger partial charge in [0.1, 0.15) is 11.1 Å². The summed E-state index contributed by atoms with van der Waals surface area (Å²) in [6.45, 7) is 9.16. The van der Waals surface area contributed by atoms with Crippen LogP contribution in [-0.4, -0.2) is 41.7 Å². The van der Waals surface area contributed by atoms with E-state index >= 15 is 0 Å². The van der Waals surface area contributed by atoms with E-state index in [0.717, 1.165) is 48.7 Å². The number of piperidine rings is 3. The number of nitrogens with zero attached hydrogens (tertiary/aromatic N) is 2. The van der Waals surface area contributed by atoms with Gasteiger partial charge in [-0.15, -0.1) is 11.3 Å². The van der Waals surface area contributed by atoms with Crippen LogP contribution in [0.4, 0.5) is 4.79 Å². The number of carbonyl (C=O) groups is 1. The second-order valence-electron chi connectivity index (χ2n) is 8.24. The van der Waals surface area contributed by atoms with Gasteiger partial charge in [-0.1, -0.05) is 29.8 Å². The van der Waals surface area contributed by atoms with Crippen LogP contribution in [0, 0.1) is 12.8 Å². The van der Waals surface area contributed by atoms with E-state index in [1.54, 1.807) is 11.3 Å². The zero-order chi connectivity index (χ0) is 19.0. The molecule has 1 aromatic carbocycles. The fourth-order valence-corrected chi connectivity index (χ4v) is 4.91. The second-order valence-corrected chi connectivity index (χ2v) is 9.09. The minimum atomic E-state index is -0.579. The minimum absolute atomic E-state index is 0.0156. The number of hydrogen-bond donors (Lipinski definition) is 1. The lowest BCUT2D eigenvalue weighted by Crippen LogP contribution is -2.53. The molecule has 144 valence electrons. The average Bonchev–Trinajstić information content (AvgIpc) is 3.14. The maximum Gasteiger partial charge on any atom is 0.408 e. The summed E-state index contributed by atoms with van der Waals surface area (Å²) in [4.78, 5) is 19.7. The number of thiazole rings is 1. The monoisotopic (exact) mass is 385 g/mol. The Morgan fingerprint density at radius 3 is 2.59 bits per heavy atom. The summed E-state index contributed by atoms with van der Waals surface area (Å²) in [6.07, 6.45) is 1.94. The number of nitrogens with one attached hydrogen (secondary N) is 1. The Morgan fingerprint density at radius 2 is 1.96 bits per heavy atom. The van der Waals surface area contributed by atoms with Crippen molar-refractivity contribution in [2.45, 2.75) is 45.3 Å². The first-order chi connectivity index (χ1) is 12.9. The Kier molecular flexibility index (Phi) is 4.95. The molecule has 2 bridgehead atoms. The first kappa shape index (κ1) is 18.4. The summed E-state index contributed by atoms with van der Waals surface area (Å²) in [5.41, 5.74) is 2.61.